The first-order chi connectivity index (χ1) is 9.02. The summed E-state index contributed by atoms with van der Waals surface area (Å²) in [5.74, 6) is 0.855. The fourth-order valence-electron chi connectivity index (χ4n) is 2.35. The Kier molecular flexibility index (Phi) is 9.74. The Hall–Kier alpha value is -0.0800. The SMILES string of the molecule is CCN1CCCC1CNC(=NC)NCC(C)(C)OC.I. The Morgan fingerprint density at radius 3 is 2.65 bits per heavy atom. The summed E-state index contributed by atoms with van der Waals surface area (Å²) in [5, 5.41) is 6.73. The molecule has 0 radical (unpaired) electrons. The number of likely N-dealkylation sites (tertiary alicyclic amines) is 1. The van der Waals surface area contributed by atoms with Gasteiger partial charge in [0.15, 0.2) is 5.96 Å². The molecule has 20 heavy (non-hydrogen) atoms. The highest BCUT2D eigenvalue weighted by Crippen LogP contribution is 2.15. The lowest BCUT2D eigenvalue weighted by Crippen LogP contribution is -2.48. The van der Waals surface area contributed by atoms with Crippen molar-refractivity contribution in [3.05, 3.63) is 0 Å². The third-order valence-corrected chi connectivity index (χ3v) is 3.87. The minimum atomic E-state index is -0.180. The average Bonchev–Trinajstić information content (AvgIpc) is 2.86. The van der Waals surface area contributed by atoms with E-state index in [0.29, 0.717) is 6.04 Å². The lowest BCUT2D eigenvalue weighted by atomic mass is 10.1. The molecule has 0 aromatic heterocycles. The van der Waals surface area contributed by atoms with Crippen LogP contribution < -0.4 is 10.6 Å². The van der Waals surface area contributed by atoms with Crippen molar-refractivity contribution in [2.75, 3.05) is 40.3 Å². The van der Waals surface area contributed by atoms with Crippen LogP contribution in [0, 0.1) is 0 Å². The van der Waals surface area contributed by atoms with E-state index in [-0.39, 0.29) is 29.6 Å². The highest BCUT2D eigenvalue weighted by molar-refractivity contribution is 14.0. The van der Waals surface area contributed by atoms with Crippen LogP contribution in [0.4, 0.5) is 0 Å². The van der Waals surface area contributed by atoms with Crippen molar-refractivity contribution in [1.82, 2.24) is 15.5 Å². The number of nitrogens with one attached hydrogen (secondary N) is 2. The molecule has 6 heteroatoms. The Labute approximate surface area is 140 Å². The molecule has 1 aliphatic rings. The van der Waals surface area contributed by atoms with E-state index in [1.807, 2.05) is 0 Å². The van der Waals surface area contributed by atoms with Crippen molar-refractivity contribution >= 4 is 29.9 Å². The van der Waals surface area contributed by atoms with Crippen molar-refractivity contribution < 1.29 is 4.74 Å². The molecule has 0 aliphatic carbocycles. The van der Waals surface area contributed by atoms with Crippen LogP contribution in [-0.2, 0) is 4.74 Å². The van der Waals surface area contributed by atoms with Crippen molar-refractivity contribution in [3.63, 3.8) is 0 Å². The van der Waals surface area contributed by atoms with Crippen LogP contribution in [0.3, 0.4) is 0 Å². The summed E-state index contributed by atoms with van der Waals surface area (Å²) in [5.41, 5.74) is -0.180. The van der Waals surface area contributed by atoms with Crippen LogP contribution in [0.5, 0.6) is 0 Å². The first kappa shape index (κ1) is 19.9. The van der Waals surface area contributed by atoms with E-state index in [9.17, 15) is 0 Å². The molecule has 1 fully saturated rings. The van der Waals surface area contributed by atoms with Crippen molar-refractivity contribution in [1.29, 1.82) is 0 Å². The number of ether oxygens (including phenoxy) is 1. The monoisotopic (exact) mass is 398 g/mol. The molecule has 5 nitrogen and oxygen atoms in total. The molecule has 0 aromatic carbocycles. The zero-order chi connectivity index (χ0) is 14.3. The third-order valence-electron chi connectivity index (χ3n) is 3.87. The van der Waals surface area contributed by atoms with Crippen molar-refractivity contribution in [2.24, 2.45) is 4.99 Å². The van der Waals surface area contributed by atoms with E-state index in [0.717, 1.165) is 25.6 Å². The second-order valence-corrected chi connectivity index (χ2v) is 5.70. The number of aliphatic imine (C=N–C) groups is 1. The molecule has 1 rings (SSSR count). The Balaban J connectivity index is 0.00000361. The van der Waals surface area contributed by atoms with Crippen LogP contribution in [0.2, 0.25) is 0 Å². The molecule has 0 saturated carbocycles. The molecule has 1 atom stereocenters. The maximum Gasteiger partial charge on any atom is 0.191 e. The first-order valence-electron chi connectivity index (χ1n) is 7.26. The first-order valence-corrected chi connectivity index (χ1v) is 7.26. The Bertz CT molecular complexity index is 297. The van der Waals surface area contributed by atoms with E-state index >= 15 is 0 Å². The van der Waals surface area contributed by atoms with Gasteiger partial charge >= 0.3 is 0 Å². The van der Waals surface area contributed by atoms with Gasteiger partial charge in [-0.05, 0) is 39.8 Å². The number of rotatable bonds is 6. The summed E-state index contributed by atoms with van der Waals surface area (Å²) in [6.07, 6.45) is 2.59. The summed E-state index contributed by atoms with van der Waals surface area (Å²) >= 11 is 0. The maximum absolute atomic E-state index is 5.39. The lowest BCUT2D eigenvalue weighted by Gasteiger charge is -2.26. The standard InChI is InChI=1S/C14H30N4O.HI/c1-6-18-9-7-8-12(18)10-16-13(15-4)17-11-14(2,3)19-5;/h12H,6-11H2,1-5H3,(H2,15,16,17);1H. The number of likely N-dealkylation sites (N-methyl/N-ethyl adjacent to an activating group) is 1. The van der Waals surface area contributed by atoms with Gasteiger partial charge in [0.1, 0.15) is 0 Å². The van der Waals surface area contributed by atoms with E-state index < -0.39 is 0 Å². The van der Waals surface area contributed by atoms with Crippen molar-refractivity contribution in [3.8, 4) is 0 Å². The molecular formula is C14H31IN4O. The second kappa shape index (κ2) is 9.78. The van der Waals surface area contributed by atoms with Gasteiger partial charge in [0.25, 0.3) is 0 Å². The summed E-state index contributed by atoms with van der Waals surface area (Å²) in [7, 11) is 3.54. The number of hydrogen-bond acceptors (Lipinski definition) is 3. The van der Waals surface area contributed by atoms with Crippen LogP contribution in [0.15, 0.2) is 4.99 Å². The van der Waals surface area contributed by atoms with Gasteiger partial charge in [-0.3, -0.25) is 9.89 Å². The summed E-state index contributed by atoms with van der Waals surface area (Å²) in [4.78, 5) is 6.78. The van der Waals surface area contributed by atoms with Crippen LogP contribution >= 0.6 is 24.0 Å². The predicted octanol–water partition coefficient (Wildman–Crippen LogP) is 1.68. The quantitative estimate of drug-likeness (QED) is 0.406. The minimum absolute atomic E-state index is 0. The molecule has 0 aromatic rings. The number of halogens is 1. The van der Waals surface area contributed by atoms with Gasteiger partial charge in [-0.15, -0.1) is 24.0 Å². The van der Waals surface area contributed by atoms with E-state index in [1.54, 1.807) is 14.2 Å². The summed E-state index contributed by atoms with van der Waals surface area (Å²) in [6.45, 7) is 10.4. The number of nitrogens with zero attached hydrogens (tertiary/aromatic N) is 2. The van der Waals surface area contributed by atoms with Crippen LogP contribution in [0.25, 0.3) is 0 Å². The van der Waals surface area contributed by atoms with Crippen LogP contribution in [0.1, 0.15) is 33.6 Å². The molecule has 1 unspecified atom stereocenters. The third kappa shape index (κ3) is 6.58. The highest BCUT2D eigenvalue weighted by atomic mass is 127. The average molecular weight is 398 g/mol. The molecule has 1 saturated heterocycles. The molecule has 1 aliphatic heterocycles. The largest absolute Gasteiger partial charge is 0.377 e. The second-order valence-electron chi connectivity index (χ2n) is 5.70. The summed E-state index contributed by atoms with van der Waals surface area (Å²) in [6, 6.07) is 0.638. The normalized spacial score (nSPS) is 20.6. The van der Waals surface area contributed by atoms with Gasteiger partial charge < -0.3 is 15.4 Å². The van der Waals surface area contributed by atoms with Gasteiger partial charge in [0.2, 0.25) is 0 Å². The van der Waals surface area contributed by atoms with Gasteiger partial charge in [-0.25, -0.2) is 0 Å². The highest BCUT2D eigenvalue weighted by Gasteiger charge is 2.23. The maximum atomic E-state index is 5.39. The Morgan fingerprint density at radius 2 is 2.10 bits per heavy atom. The Morgan fingerprint density at radius 1 is 1.40 bits per heavy atom. The van der Waals surface area contributed by atoms with E-state index in [4.69, 9.17) is 4.74 Å². The van der Waals surface area contributed by atoms with Gasteiger partial charge in [0.05, 0.1) is 5.60 Å². The molecule has 1 heterocycles. The smallest absolute Gasteiger partial charge is 0.191 e. The number of methoxy groups -OCH3 is 1. The summed E-state index contributed by atoms with van der Waals surface area (Å²) < 4.78 is 5.39. The molecule has 0 spiro atoms. The fourth-order valence-corrected chi connectivity index (χ4v) is 2.35. The topological polar surface area (TPSA) is 48.9 Å². The zero-order valence-electron chi connectivity index (χ0n) is 13.5. The van der Waals surface area contributed by atoms with Gasteiger partial charge in [0, 0.05) is 33.3 Å². The van der Waals surface area contributed by atoms with Gasteiger partial charge in [-0.1, -0.05) is 6.92 Å². The zero-order valence-corrected chi connectivity index (χ0v) is 15.9. The van der Waals surface area contributed by atoms with Crippen LogP contribution in [-0.4, -0.2) is 62.8 Å². The molecule has 0 bridgehead atoms. The van der Waals surface area contributed by atoms with E-state index in [1.165, 1.54) is 19.4 Å². The number of guanidine groups is 1. The van der Waals surface area contributed by atoms with E-state index in [2.05, 4.69) is 41.3 Å². The van der Waals surface area contributed by atoms with Crippen molar-refractivity contribution in [2.45, 2.75) is 45.3 Å². The molecular weight excluding hydrogens is 367 g/mol. The predicted molar refractivity (Wildman–Crippen MR) is 96.1 cm³/mol. The fraction of sp³-hybridized carbons (Fsp3) is 0.929. The lowest BCUT2D eigenvalue weighted by molar-refractivity contribution is 0.0268. The number of hydrogen-bond donors (Lipinski definition) is 2. The molecule has 2 N–H and O–H groups in total. The van der Waals surface area contributed by atoms with Gasteiger partial charge in [-0.2, -0.15) is 0 Å². The molecule has 120 valence electrons. The minimum Gasteiger partial charge on any atom is -0.377 e. The molecule has 0 amide bonds.